The van der Waals surface area contributed by atoms with Gasteiger partial charge in [-0.25, -0.2) is 15.8 Å². The molecule has 0 saturated carbocycles. The van der Waals surface area contributed by atoms with Gasteiger partial charge < -0.3 is 11.1 Å². The number of hydrogen-bond donors (Lipinski definition) is 3. The van der Waals surface area contributed by atoms with Crippen molar-refractivity contribution in [2.45, 2.75) is 19.9 Å². The number of nitrogens with two attached hydrogens (primary N) is 2. The average Bonchev–Trinajstić information content (AvgIpc) is 3.10. The van der Waals surface area contributed by atoms with Crippen molar-refractivity contribution < 1.29 is 4.79 Å². The van der Waals surface area contributed by atoms with Gasteiger partial charge in [0.25, 0.3) is 0 Å². The first-order chi connectivity index (χ1) is 13.4. The SMILES string of the molecule is CC(C)Nc1cc(-n2ncc3cc(C#N)cnc32)ncc1N(N)/C=C(\N)C=O. The largest absolute Gasteiger partial charge is 0.395 e. The van der Waals surface area contributed by atoms with Gasteiger partial charge >= 0.3 is 0 Å². The predicted molar refractivity (Wildman–Crippen MR) is 105 cm³/mol. The van der Waals surface area contributed by atoms with Crippen LogP contribution in [0.15, 0.2) is 42.6 Å². The fraction of sp³-hybridized carbons (Fsp3) is 0.167. The summed E-state index contributed by atoms with van der Waals surface area (Å²) in [6.45, 7) is 3.96. The molecule has 3 aromatic heterocycles. The molecule has 0 aliphatic heterocycles. The molecule has 3 rings (SSSR count). The Bertz CT molecular complexity index is 1090. The van der Waals surface area contributed by atoms with Crippen molar-refractivity contribution in [3.63, 3.8) is 0 Å². The number of aldehydes is 1. The van der Waals surface area contributed by atoms with E-state index in [1.807, 2.05) is 13.8 Å². The van der Waals surface area contributed by atoms with Gasteiger partial charge in [0.05, 0.1) is 35.0 Å². The average molecular weight is 377 g/mol. The molecule has 5 N–H and O–H groups in total. The van der Waals surface area contributed by atoms with Crippen molar-refractivity contribution in [2.24, 2.45) is 11.6 Å². The molecule has 3 aromatic rings. The predicted octanol–water partition coefficient (Wildman–Crippen LogP) is 1.19. The topological polar surface area (TPSA) is 152 Å². The number of fused-ring (bicyclic) bond motifs is 1. The summed E-state index contributed by atoms with van der Waals surface area (Å²) in [5.74, 6) is 6.53. The van der Waals surface area contributed by atoms with Gasteiger partial charge in [-0.05, 0) is 19.9 Å². The molecule has 0 aliphatic carbocycles. The van der Waals surface area contributed by atoms with Gasteiger partial charge in [0.15, 0.2) is 17.8 Å². The van der Waals surface area contributed by atoms with Gasteiger partial charge in [0.2, 0.25) is 0 Å². The fourth-order valence-electron chi connectivity index (χ4n) is 2.60. The van der Waals surface area contributed by atoms with Crippen LogP contribution < -0.4 is 21.9 Å². The molecule has 0 radical (unpaired) electrons. The van der Waals surface area contributed by atoms with Crippen LogP contribution in [-0.4, -0.2) is 32.1 Å². The van der Waals surface area contributed by atoms with Crippen molar-refractivity contribution in [1.82, 2.24) is 19.7 Å². The van der Waals surface area contributed by atoms with Crippen LogP contribution in [0.1, 0.15) is 19.4 Å². The monoisotopic (exact) mass is 377 g/mol. The number of hydrogen-bond acceptors (Lipinski definition) is 9. The number of rotatable bonds is 6. The second-order valence-corrected chi connectivity index (χ2v) is 6.32. The Kier molecular flexibility index (Phi) is 5.19. The number of nitriles is 1. The van der Waals surface area contributed by atoms with Crippen LogP contribution in [0, 0.1) is 11.3 Å². The summed E-state index contributed by atoms with van der Waals surface area (Å²) in [4.78, 5) is 19.5. The lowest BCUT2D eigenvalue weighted by molar-refractivity contribution is -0.105. The summed E-state index contributed by atoms with van der Waals surface area (Å²) in [5, 5.41) is 18.6. The Balaban J connectivity index is 2.08. The van der Waals surface area contributed by atoms with Crippen LogP contribution in [0.2, 0.25) is 0 Å². The smallest absolute Gasteiger partial charge is 0.167 e. The van der Waals surface area contributed by atoms with Crippen LogP contribution in [0.4, 0.5) is 11.4 Å². The lowest BCUT2D eigenvalue weighted by Crippen LogP contribution is -2.28. The summed E-state index contributed by atoms with van der Waals surface area (Å²) in [6.07, 6.45) is 6.47. The maximum atomic E-state index is 10.8. The second kappa shape index (κ2) is 7.73. The normalized spacial score (nSPS) is 11.5. The summed E-state index contributed by atoms with van der Waals surface area (Å²) >= 11 is 0. The molecule has 0 bridgehead atoms. The van der Waals surface area contributed by atoms with E-state index in [9.17, 15) is 4.79 Å². The molecule has 10 heteroatoms. The molecule has 10 nitrogen and oxygen atoms in total. The molecular weight excluding hydrogens is 358 g/mol. The summed E-state index contributed by atoms with van der Waals surface area (Å²) in [7, 11) is 0. The lowest BCUT2D eigenvalue weighted by Gasteiger charge is -2.21. The molecule has 0 atom stereocenters. The first-order valence-electron chi connectivity index (χ1n) is 8.40. The molecule has 28 heavy (non-hydrogen) atoms. The Morgan fingerprint density at radius 3 is 2.79 bits per heavy atom. The molecule has 0 aliphatic rings. The van der Waals surface area contributed by atoms with Crippen LogP contribution in [0.25, 0.3) is 16.9 Å². The van der Waals surface area contributed by atoms with E-state index in [0.29, 0.717) is 34.7 Å². The third-order valence-electron chi connectivity index (χ3n) is 3.77. The van der Waals surface area contributed by atoms with Crippen molar-refractivity contribution in [2.75, 3.05) is 10.3 Å². The second-order valence-electron chi connectivity index (χ2n) is 6.32. The van der Waals surface area contributed by atoms with Gasteiger partial charge in [-0.3, -0.25) is 9.80 Å². The number of nitrogens with zero attached hydrogens (tertiary/aromatic N) is 6. The van der Waals surface area contributed by atoms with Crippen molar-refractivity contribution in [3.05, 3.63) is 48.2 Å². The first kappa shape index (κ1) is 18.8. The molecule has 0 fully saturated rings. The van der Waals surface area contributed by atoms with Gasteiger partial charge in [-0.2, -0.15) is 15.0 Å². The van der Waals surface area contributed by atoms with E-state index in [1.165, 1.54) is 17.4 Å². The highest BCUT2D eigenvalue weighted by molar-refractivity contribution is 5.79. The fourth-order valence-corrected chi connectivity index (χ4v) is 2.60. The minimum Gasteiger partial charge on any atom is -0.395 e. The van der Waals surface area contributed by atoms with Gasteiger partial charge in [-0.1, -0.05) is 0 Å². The van der Waals surface area contributed by atoms with Crippen LogP contribution >= 0.6 is 0 Å². The van der Waals surface area contributed by atoms with Gasteiger partial charge in [0, 0.05) is 29.9 Å². The Hall–Kier alpha value is -3.97. The van der Waals surface area contributed by atoms with Crippen LogP contribution in [-0.2, 0) is 4.79 Å². The molecular formula is C18H19N9O. The third kappa shape index (κ3) is 3.74. The molecule has 0 aromatic carbocycles. The first-order valence-corrected chi connectivity index (χ1v) is 8.40. The Morgan fingerprint density at radius 1 is 1.32 bits per heavy atom. The van der Waals surface area contributed by atoms with E-state index in [2.05, 4.69) is 26.5 Å². The zero-order valence-corrected chi connectivity index (χ0v) is 15.4. The summed E-state index contributed by atoms with van der Waals surface area (Å²) in [6, 6.07) is 5.65. The third-order valence-corrected chi connectivity index (χ3v) is 3.77. The Labute approximate surface area is 161 Å². The molecule has 3 heterocycles. The molecule has 142 valence electrons. The number of pyridine rings is 2. The number of carbonyl (C=O) groups excluding carboxylic acids is 1. The standard InChI is InChI=1S/C18H19N9O/c1-11(2)25-15-4-17(22-8-16(15)26(21)9-14(20)10-28)27-18-13(7-24-27)3-12(5-19)6-23-18/h3-4,6-11H,20-21H2,1-2H3,(H,22,25)/b14-9-. The van der Waals surface area contributed by atoms with E-state index in [0.717, 1.165) is 5.39 Å². The highest BCUT2D eigenvalue weighted by Gasteiger charge is 2.14. The number of anilines is 2. The molecule has 0 saturated heterocycles. The van der Waals surface area contributed by atoms with E-state index in [-0.39, 0.29) is 11.7 Å². The van der Waals surface area contributed by atoms with Gasteiger partial charge in [-0.15, -0.1) is 0 Å². The molecule has 0 amide bonds. The van der Waals surface area contributed by atoms with Gasteiger partial charge in [0.1, 0.15) is 6.07 Å². The van der Waals surface area contributed by atoms with E-state index in [1.54, 1.807) is 29.2 Å². The number of allylic oxidation sites excluding steroid dienone is 1. The number of aromatic nitrogens is 4. The maximum Gasteiger partial charge on any atom is 0.167 e. The van der Waals surface area contributed by atoms with E-state index >= 15 is 0 Å². The van der Waals surface area contributed by atoms with E-state index in [4.69, 9.17) is 16.8 Å². The highest BCUT2D eigenvalue weighted by Crippen LogP contribution is 2.27. The molecule has 0 spiro atoms. The highest BCUT2D eigenvalue weighted by atomic mass is 16.1. The van der Waals surface area contributed by atoms with Crippen LogP contribution in [0.5, 0.6) is 0 Å². The van der Waals surface area contributed by atoms with Crippen molar-refractivity contribution in [1.29, 1.82) is 5.26 Å². The van der Waals surface area contributed by atoms with E-state index < -0.39 is 0 Å². The summed E-state index contributed by atoms with van der Waals surface area (Å²) in [5.41, 5.74) is 7.75. The van der Waals surface area contributed by atoms with Crippen molar-refractivity contribution >= 4 is 28.7 Å². The lowest BCUT2D eigenvalue weighted by atomic mass is 10.2. The minimum absolute atomic E-state index is 0.0161. The number of hydrazine groups is 1. The Morgan fingerprint density at radius 2 is 2.11 bits per heavy atom. The maximum absolute atomic E-state index is 10.8. The zero-order chi connectivity index (χ0) is 20.3. The van der Waals surface area contributed by atoms with Crippen molar-refractivity contribution in [3.8, 4) is 11.9 Å². The number of nitrogens with one attached hydrogen (secondary N) is 1. The minimum atomic E-state index is -0.0161. The van der Waals surface area contributed by atoms with Crippen LogP contribution in [0.3, 0.4) is 0 Å². The molecule has 0 unspecified atom stereocenters. The quantitative estimate of drug-likeness (QED) is 0.249. The number of carbonyl (C=O) groups is 1. The summed E-state index contributed by atoms with van der Waals surface area (Å²) < 4.78 is 1.57. The zero-order valence-electron chi connectivity index (χ0n) is 15.4.